The van der Waals surface area contributed by atoms with E-state index < -0.39 is 23.2 Å². The highest BCUT2D eigenvalue weighted by atomic mass is 32.2. The molecule has 0 spiro atoms. The maximum Gasteiger partial charge on any atom is 0.360 e. The zero-order valence-electron chi connectivity index (χ0n) is 19.2. The first-order chi connectivity index (χ1) is 16.4. The summed E-state index contributed by atoms with van der Waals surface area (Å²) >= 11 is -1.53. The van der Waals surface area contributed by atoms with E-state index in [1.807, 2.05) is 67.6 Å². The highest BCUT2D eigenvalue weighted by molar-refractivity contribution is 7.95. The van der Waals surface area contributed by atoms with Gasteiger partial charge in [-0.3, -0.25) is 14.5 Å². The lowest BCUT2D eigenvalue weighted by molar-refractivity contribution is -0.158. The molecule has 1 N–H and O–H groups in total. The minimum absolute atomic E-state index is 0.0951. The van der Waals surface area contributed by atoms with E-state index >= 15 is 0 Å². The first kappa shape index (κ1) is 24.0. The predicted octanol–water partition coefficient (Wildman–Crippen LogP) is 3.06. The van der Waals surface area contributed by atoms with Crippen LogP contribution in [0.15, 0.2) is 71.3 Å². The zero-order valence-corrected chi connectivity index (χ0v) is 20.0. The van der Waals surface area contributed by atoms with Crippen LogP contribution in [0.25, 0.3) is 0 Å². The van der Waals surface area contributed by atoms with Crippen LogP contribution in [0.4, 0.5) is 0 Å². The van der Waals surface area contributed by atoms with Gasteiger partial charge in [-0.05, 0) is 28.7 Å². The molecule has 7 nitrogen and oxygen atoms in total. The Morgan fingerprint density at radius 1 is 1.12 bits per heavy atom. The molecule has 178 valence electrons. The summed E-state index contributed by atoms with van der Waals surface area (Å²) in [4.78, 5) is 39.5. The Labute approximate surface area is 202 Å². The van der Waals surface area contributed by atoms with E-state index in [9.17, 15) is 18.9 Å². The largest absolute Gasteiger partial charge is 0.612 e. The number of carbonyl (C=O) groups excluding carboxylic acids is 3. The molecule has 34 heavy (non-hydrogen) atoms. The van der Waals surface area contributed by atoms with Gasteiger partial charge in [0.15, 0.2) is 16.7 Å². The Morgan fingerprint density at radius 2 is 1.71 bits per heavy atom. The molecule has 1 saturated heterocycles. The third-order valence-electron chi connectivity index (χ3n) is 6.25. The second-order valence-electron chi connectivity index (χ2n) is 8.41. The monoisotopic (exact) mass is 480 g/mol. The van der Waals surface area contributed by atoms with Gasteiger partial charge < -0.3 is 14.6 Å². The van der Waals surface area contributed by atoms with E-state index in [0.29, 0.717) is 17.7 Å². The fraction of sp³-hybridized carbons (Fsp3) is 0.346. The van der Waals surface area contributed by atoms with Crippen molar-refractivity contribution in [1.82, 2.24) is 10.2 Å². The minimum Gasteiger partial charge on any atom is -0.612 e. The molecule has 1 fully saturated rings. The molecular formula is C26H28N2O5S. The molecule has 0 aliphatic carbocycles. The normalized spacial score (nSPS) is 20.1. The predicted molar refractivity (Wildman–Crippen MR) is 129 cm³/mol. The average Bonchev–Trinajstić information content (AvgIpc) is 3.19. The smallest absolute Gasteiger partial charge is 0.360 e. The van der Waals surface area contributed by atoms with Gasteiger partial charge in [0.05, 0.1) is 18.5 Å². The standard InChI is InChI=1S/C26H28N2O5S/c1-3-20-21-16-22(34(32)15-14-27-17(2)29)23(28(21)25(20)30)26(31)33-24(18-10-6-4-7-11-18)19-12-8-5-9-13-19/h4-13,20-21,24H,3,14-16H2,1-2H3,(H,27,29). The van der Waals surface area contributed by atoms with Gasteiger partial charge in [0, 0.05) is 13.3 Å². The third kappa shape index (κ3) is 4.74. The van der Waals surface area contributed by atoms with Crippen LogP contribution >= 0.6 is 0 Å². The highest BCUT2D eigenvalue weighted by Gasteiger charge is 2.57. The average molecular weight is 481 g/mol. The number of hydrogen-bond donors (Lipinski definition) is 1. The zero-order chi connectivity index (χ0) is 24.2. The molecule has 3 atom stereocenters. The van der Waals surface area contributed by atoms with Gasteiger partial charge in [-0.25, -0.2) is 4.79 Å². The van der Waals surface area contributed by atoms with E-state index in [2.05, 4.69) is 5.32 Å². The van der Waals surface area contributed by atoms with Gasteiger partial charge in [0.2, 0.25) is 11.8 Å². The molecule has 2 aromatic carbocycles. The van der Waals surface area contributed by atoms with Crippen LogP contribution in [0, 0.1) is 5.92 Å². The Kier molecular flexibility index (Phi) is 7.38. The Bertz CT molecular complexity index is 1050. The third-order valence-corrected chi connectivity index (χ3v) is 7.73. The molecule has 8 heteroatoms. The number of esters is 1. The van der Waals surface area contributed by atoms with Crippen LogP contribution in [0.3, 0.4) is 0 Å². The molecule has 0 radical (unpaired) electrons. The summed E-state index contributed by atoms with van der Waals surface area (Å²) in [6.45, 7) is 3.55. The fourth-order valence-corrected chi connectivity index (χ4v) is 5.87. The maximum atomic E-state index is 13.6. The number of rotatable bonds is 9. The summed E-state index contributed by atoms with van der Waals surface area (Å²) in [7, 11) is 0. The van der Waals surface area contributed by atoms with Crippen molar-refractivity contribution in [3.8, 4) is 0 Å². The molecule has 0 bridgehead atoms. The minimum atomic E-state index is -1.53. The summed E-state index contributed by atoms with van der Waals surface area (Å²) in [6, 6.07) is 18.6. The molecule has 2 amide bonds. The van der Waals surface area contributed by atoms with Crippen LogP contribution in [-0.2, 0) is 30.3 Å². The number of nitrogens with zero attached hydrogens (tertiary/aromatic N) is 1. The van der Waals surface area contributed by atoms with Gasteiger partial charge in [-0.15, -0.1) is 0 Å². The van der Waals surface area contributed by atoms with Gasteiger partial charge in [-0.2, -0.15) is 0 Å². The molecule has 3 unspecified atom stereocenters. The number of fused-ring (bicyclic) bond motifs is 1. The maximum absolute atomic E-state index is 13.6. The van der Waals surface area contributed by atoms with Crippen LogP contribution in [-0.4, -0.2) is 45.6 Å². The molecular weight excluding hydrogens is 452 g/mol. The number of carbonyl (C=O) groups is 3. The van der Waals surface area contributed by atoms with E-state index in [4.69, 9.17) is 4.74 Å². The van der Waals surface area contributed by atoms with E-state index in [1.54, 1.807) is 0 Å². The molecule has 2 aliphatic heterocycles. The lowest BCUT2D eigenvalue weighted by atomic mass is 9.85. The summed E-state index contributed by atoms with van der Waals surface area (Å²) < 4.78 is 19.1. The van der Waals surface area contributed by atoms with Crippen LogP contribution in [0.2, 0.25) is 0 Å². The van der Waals surface area contributed by atoms with Crippen molar-refractivity contribution in [3.63, 3.8) is 0 Å². The summed E-state index contributed by atoms with van der Waals surface area (Å²) in [5, 5.41) is 2.63. The van der Waals surface area contributed by atoms with Crippen molar-refractivity contribution in [1.29, 1.82) is 0 Å². The van der Waals surface area contributed by atoms with Gasteiger partial charge in [-0.1, -0.05) is 67.6 Å². The molecule has 4 rings (SSSR count). The molecule has 0 saturated carbocycles. The summed E-state index contributed by atoms with van der Waals surface area (Å²) in [5.74, 6) is -1.03. The Hall–Kier alpha value is -3.10. The quantitative estimate of drug-likeness (QED) is 0.338. The number of β-lactam (4-membered cyclic amide) rings is 1. The summed E-state index contributed by atoms with van der Waals surface area (Å²) in [6.07, 6.45) is 0.363. The molecule has 0 aromatic heterocycles. The fourth-order valence-electron chi connectivity index (χ4n) is 4.58. The van der Waals surface area contributed by atoms with Crippen molar-refractivity contribution >= 4 is 29.0 Å². The second kappa shape index (κ2) is 10.4. The lowest BCUT2D eigenvalue weighted by Crippen LogP contribution is -2.58. The molecule has 2 aromatic rings. The van der Waals surface area contributed by atoms with Crippen molar-refractivity contribution in [2.75, 3.05) is 12.3 Å². The second-order valence-corrected chi connectivity index (χ2v) is 10.00. The van der Waals surface area contributed by atoms with Crippen LogP contribution in [0.1, 0.15) is 43.9 Å². The molecule has 2 aliphatic rings. The Morgan fingerprint density at radius 3 is 2.24 bits per heavy atom. The summed E-state index contributed by atoms with van der Waals surface area (Å²) in [5.41, 5.74) is 1.69. The van der Waals surface area contributed by atoms with Crippen molar-refractivity contribution < 1.29 is 23.7 Å². The number of benzene rings is 2. The van der Waals surface area contributed by atoms with Gasteiger partial charge >= 0.3 is 5.97 Å². The van der Waals surface area contributed by atoms with E-state index in [1.165, 1.54) is 11.8 Å². The number of ether oxygens (including phenoxy) is 1. The first-order valence-electron chi connectivity index (χ1n) is 11.4. The molecule has 2 heterocycles. The highest BCUT2D eigenvalue weighted by Crippen LogP contribution is 2.46. The SMILES string of the molecule is CCC1C(=O)N2C(C(=O)OC(c3ccccc3)c3ccccc3)=C([S+]([O-])CCNC(C)=O)CC12. The van der Waals surface area contributed by atoms with Crippen molar-refractivity contribution in [2.45, 2.75) is 38.8 Å². The van der Waals surface area contributed by atoms with E-state index in [0.717, 1.165) is 11.1 Å². The first-order valence-corrected chi connectivity index (χ1v) is 12.7. The topological polar surface area (TPSA) is 98.8 Å². The van der Waals surface area contributed by atoms with Crippen molar-refractivity contribution in [3.05, 3.63) is 82.4 Å². The van der Waals surface area contributed by atoms with Gasteiger partial charge in [0.1, 0.15) is 5.75 Å². The lowest BCUT2D eigenvalue weighted by Gasteiger charge is -2.42. The van der Waals surface area contributed by atoms with Gasteiger partial charge in [0.25, 0.3) is 0 Å². The van der Waals surface area contributed by atoms with Crippen LogP contribution < -0.4 is 5.32 Å². The van der Waals surface area contributed by atoms with Crippen LogP contribution in [0.5, 0.6) is 0 Å². The van der Waals surface area contributed by atoms with Crippen molar-refractivity contribution in [2.24, 2.45) is 5.92 Å². The van der Waals surface area contributed by atoms with E-state index in [-0.39, 0.29) is 41.8 Å². The number of hydrogen-bond acceptors (Lipinski definition) is 5. The Balaban J connectivity index is 1.64. The number of nitrogens with one attached hydrogen (secondary N) is 1. The number of amides is 2.